The third-order valence-electron chi connectivity index (χ3n) is 6.66. The van der Waals surface area contributed by atoms with Gasteiger partial charge >= 0.3 is 0 Å². The van der Waals surface area contributed by atoms with E-state index in [1.54, 1.807) is 56.7 Å². The van der Waals surface area contributed by atoms with Gasteiger partial charge in [0.15, 0.2) is 5.82 Å². The number of hydrogen-bond acceptors (Lipinski definition) is 5. The number of nitrogens with zero attached hydrogens (tertiary/aromatic N) is 2. The number of rotatable bonds is 9. The van der Waals surface area contributed by atoms with Crippen molar-refractivity contribution in [2.24, 2.45) is 0 Å². The summed E-state index contributed by atoms with van der Waals surface area (Å²) in [4.78, 5) is 38.1. The topological polar surface area (TPSA) is 112 Å². The fourth-order valence-electron chi connectivity index (χ4n) is 4.25. The summed E-state index contributed by atoms with van der Waals surface area (Å²) in [5.74, 6) is -0.237. The SMILES string of the molecule is CNC(C)C(=O)Nc1cc(C(=O)NCCc2ccc(F)cc2)cc(-c2cnc(-c3cc4ccccc4cn3)[nH]2)c1. The molecule has 0 fully saturated rings. The molecule has 202 valence electrons. The van der Waals surface area contributed by atoms with Gasteiger partial charge in [-0.1, -0.05) is 36.4 Å². The monoisotopic (exact) mass is 536 g/mol. The quantitative estimate of drug-likeness (QED) is 0.213. The fraction of sp³-hybridized carbons (Fsp3) is 0.161. The maximum Gasteiger partial charge on any atom is 0.251 e. The number of carbonyl (C=O) groups is 2. The van der Waals surface area contributed by atoms with Gasteiger partial charge in [0, 0.05) is 34.9 Å². The first-order valence-corrected chi connectivity index (χ1v) is 13.0. The maximum atomic E-state index is 13.2. The lowest BCUT2D eigenvalue weighted by atomic mass is 10.1. The first kappa shape index (κ1) is 26.7. The molecule has 9 heteroatoms. The molecule has 0 bridgehead atoms. The van der Waals surface area contributed by atoms with E-state index in [9.17, 15) is 14.0 Å². The summed E-state index contributed by atoms with van der Waals surface area (Å²) < 4.78 is 13.2. The van der Waals surface area contributed by atoms with Crippen molar-refractivity contribution in [1.29, 1.82) is 0 Å². The van der Waals surface area contributed by atoms with Gasteiger partial charge in [-0.05, 0) is 67.7 Å². The van der Waals surface area contributed by atoms with Crippen molar-refractivity contribution >= 4 is 28.3 Å². The largest absolute Gasteiger partial charge is 0.352 e. The summed E-state index contributed by atoms with van der Waals surface area (Å²) in [6.45, 7) is 2.12. The van der Waals surface area contributed by atoms with Crippen LogP contribution in [0.4, 0.5) is 10.1 Å². The number of pyridine rings is 1. The van der Waals surface area contributed by atoms with Crippen LogP contribution in [0.2, 0.25) is 0 Å². The zero-order valence-corrected chi connectivity index (χ0v) is 22.2. The Bertz CT molecular complexity index is 1660. The molecule has 0 saturated heterocycles. The Hall–Kier alpha value is -4.89. The van der Waals surface area contributed by atoms with E-state index in [2.05, 4.69) is 30.9 Å². The van der Waals surface area contributed by atoms with E-state index in [0.717, 1.165) is 16.3 Å². The highest BCUT2D eigenvalue weighted by molar-refractivity contribution is 6.00. The van der Waals surface area contributed by atoms with E-state index >= 15 is 0 Å². The van der Waals surface area contributed by atoms with Gasteiger partial charge in [-0.3, -0.25) is 14.6 Å². The molecule has 5 rings (SSSR count). The van der Waals surface area contributed by atoms with Crippen molar-refractivity contribution < 1.29 is 14.0 Å². The Morgan fingerprint density at radius 2 is 1.73 bits per heavy atom. The maximum absolute atomic E-state index is 13.2. The second-order valence-electron chi connectivity index (χ2n) is 9.49. The highest BCUT2D eigenvalue weighted by Gasteiger charge is 2.16. The third kappa shape index (κ3) is 6.22. The molecule has 0 aliphatic carbocycles. The number of benzene rings is 3. The van der Waals surface area contributed by atoms with Crippen LogP contribution in [0.5, 0.6) is 0 Å². The molecule has 0 radical (unpaired) electrons. The Kier molecular flexibility index (Phi) is 7.93. The van der Waals surface area contributed by atoms with Crippen molar-refractivity contribution in [3.63, 3.8) is 0 Å². The standard InChI is InChI=1S/C31H29FN6O2/c1-19(33-2)30(39)37-26-14-23(13-24(15-26)31(40)34-12-11-20-7-9-25(32)10-8-20)28-18-36-29(38-28)27-16-21-5-3-4-6-22(21)17-35-27/h3-10,13-19,33H,11-12H2,1-2H3,(H,34,40)(H,36,38)(H,37,39). The van der Waals surface area contributed by atoms with Crippen LogP contribution in [0.3, 0.4) is 0 Å². The average Bonchev–Trinajstić information content (AvgIpc) is 3.48. The van der Waals surface area contributed by atoms with E-state index in [0.29, 0.717) is 47.0 Å². The minimum atomic E-state index is -0.422. The molecule has 2 aromatic heterocycles. The first-order chi connectivity index (χ1) is 19.4. The van der Waals surface area contributed by atoms with Crippen LogP contribution < -0.4 is 16.0 Å². The van der Waals surface area contributed by atoms with E-state index < -0.39 is 6.04 Å². The second kappa shape index (κ2) is 11.9. The minimum Gasteiger partial charge on any atom is -0.352 e. The van der Waals surface area contributed by atoms with Crippen molar-refractivity contribution in [2.45, 2.75) is 19.4 Å². The van der Waals surface area contributed by atoms with Crippen molar-refractivity contribution in [3.05, 3.63) is 102 Å². The molecule has 40 heavy (non-hydrogen) atoms. The summed E-state index contributed by atoms with van der Waals surface area (Å²) in [7, 11) is 1.70. The number of anilines is 1. The number of nitrogens with one attached hydrogen (secondary N) is 4. The number of imidazole rings is 1. The van der Waals surface area contributed by atoms with Crippen LogP contribution in [0, 0.1) is 5.82 Å². The van der Waals surface area contributed by atoms with Gasteiger partial charge in [0.1, 0.15) is 11.5 Å². The summed E-state index contributed by atoms with van der Waals surface area (Å²) in [5, 5.41) is 10.8. The molecule has 5 aromatic rings. The van der Waals surface area contributed by atoms with Gasteiger partial charge in [0.05, 0.1) is 17.9 Å². The van der Waals surface area contributed by atoms with E-state index in [-0.39, 0.29) is 17.6 Å². The minimum absolute atomic E-state index is 0.229. The number of hydrogen-bond donors (Lipinski definition) is 4. The predicted molar refractivity (Wildman–Crippen MR) is 154 cm³/mol. The molecule has 1 unspecified atom stereocenters. The van der Waals surface area contributed by atoms with Gasteiger partial charge < -0.3 is 20.9 Å². The Balaban J connectivity index is 1.40. The molecule has 8 nitrogen and oxygen atoms in total. The number of halogens is 1. The molecular weight excluding hydrogens is 507 g/mol. The number of likely N-dealkylation sites (N-methyl/N-ethyl adjacent to an activating group) is 1. The van der Waals surface area contributed by atoms with Gasteiger partial charge in [-0.2, -0.15) is 0 Å². The first-order valence-electron chi connectivity index (χ1n) is 13.0. The van der Waals surface area contributed by atoms with Crippen LogP contribution in [0.15, 0.2) is 85.2 Å². The molecule has 2 amide bonds. The number of aromatic amines is 1. The van der Waals surface area contributed by atoms with Crippen LogP contribution in [0.25, 0.3) is 33.5 Å². The number of amides is 2. The lowest BCUT2D eigenvalue weighted by Gasteiger charge is -2.14. The third-order valence-corrected chi connectivity index (χ3v) is 6.66. The predicted octanol–water partition coefficient (Wildman–Crippen LogP) is 4.95. The molecule has 4 N–H and O–H groups in total. The van der Waals surface area contributed by atoms with E-state index in [1.165, 1.54) is 12.1 Å². The fourth-order valence-corrected chi connectivity index (χ4v) is 4.25. The molecule has 3 aromatic carbocycles. The van der Waals surface area contributed by atoms with Gasteiger partial charge in [-0.25, -0.2) is 9.37 Å². The average molecular weight is 537 g/mol. The van der Waals surface area contributed by atoms with Crippen LogP contribution in [0.1, 0.15) is 22.8 Å². The molecule has 1 atom stereocenters. The molecule has 0 aliphatic rings. The normalized spacial score (nSPS) is 11.8. The Morgan fingerprint density at radius 3 is 2.50 bits per heavy atom. The van der Waals surface area contributed by atoms with Crippen molar-refractivity contribution in [1.82, 2.24) is 25.6 Å². The molecular formula is C31H29FN6O2. The zero-order chi connectivity index (χ0) is 28.1. The number of carbonyl (C=O) groups excluding carboxylic acids is 2. The number of aromatic nitrogens is 3. The van der Waals surface area contributed by atoms with E-state index in [4.69, 9.17) is 0 Å². The molecule has 0 spiro atoms. The summed E-state index contributed by atoms with van der Waals surface area (Å²) in [6, 6.07) is 20.9. The molecule has 0 aliphatic heterocycles. The lowest BCUT2D eigenvalue weighted by Crippen LogP contribution is -2.35. The number of fused-ring (bicyclic) bond motifs is 1. The summed E-state index contributed by atoms with van der Waals surface area (Å²) in [6.07, 6.45) is 4.04. The van der Waals surface area contributed by atoms with Crippen LogP contribution in [-0.2, 0) is 11.2 Å². The van der Waals surface area contributed by atoms with E-state index in [1.807, 2.05) is 30.3 Å². The highest BCUT2D eigenvalue weighted by atomic mass is 19.1. The van der Waals surface area contributed by atoms with Crippen molar-refractivity contribution in [2.75, 3.05) is 18.9 Å². The Labute approximate surface area is 231 Å². The number of H-pyrrole nitrogens is 1. The van der Waals surface area contributed by atoms with Crippen LogP contribution in [-0.4, -0.2) is 46.4 Å². The van der Waals surface area contributed by atoms with Crippen molar-refractivity contribution in [3.8, 4) is 22.8 Å². The van der Waals surface area contributed by atoms with Gasteiger partial charge in [-0.15, -0.1) is 0 Å². The zero-order valence-electron chi connectivity index (χ0n) is 22.2. The Morgan fingerprint density at radius 1 is 0.950 bits per heavy atom. The van der Waals surface area contributed by atoms with Gasteiger partial charge in [0.2, 0.25) is 5.91 Å². The second-order valence-corrected chi connectivity index (χ2v) is 9.49. The molecule has 2 heterocycles. The molecule has 0 saturated carbocycles. The van der Waals surface area contributed by atoms with Crippen LogP contribution >= 0.6 is 0 Å². The summed E-state index contributed by atoms with van der Waals surface area (Å²) >= 11 is 0. The lowest BCUT2D eigenvalue weighted by molar-refractivity contribution is -0.117. The smallest absolute Gasteiger partial charge is 0.251 e. The van der Waals surface area contributed by atoms with Gasteiger partial charge in [0.25, 0.3) is 5.91 Å². The summed E-state index contributed by atoms with van der Waals surface area (Å²) in [5.41, 5.74) is 3.81. The highest BCUT2D eigenvalue weighted by Crippen LogP contribution is 2.27.